The van der Waals surface area contributed by atoms with E-state index < -0.39 is 0 Å². The van der Waals surface area contributed by atoms with Gasteiger partial charge >= 0.3 is 0 Å². The predicted molar refractivity (Wildman–Crippen MR) is 104 cm³/mol. The summed E-state index contributed by atoms with van der Waals surface area (Å²) in [7, 11) is 1.68. The van der Waals surface area contributed by atoms with Crippen molar-refractivity contribution in [3.05, 3.63) is 60.9 Å². The Morgan fingerprint density at radius 1 is 1.27 bits per heavy atom. The summed E-state index contributed by atoms with van der Waals surface area (Å²) in [6, 6.07) is 11.6. The molecule has 1 fully saturated rings. The van der Waals surface area contributed by atoms with Crippen molar-refractivity contribution >= 4 is 17.3 Å². The Bertz CT molecular complexity index is 770. The summed E-state index contributed by atoms with van der Waals surface area (Å²) in [5.74, 6) is 0.821. The van der Waals surface area contributed by atoms with Crippen molar-refractivity contribution < 1.29 is 9.53 Å². The van der Waals surface area contributed by atoms with Crippen molar-refractivity contribution in [3.63, 3.8) is 0 Å². The molecule has 6 heteroatoms. The first-order valence-corrected chi connectivity index (χ1v) is 8.71. The average Bonchev–Trinajstić information content (AvgIpc) is 2.72. The maximum absolute atomic E-state index is 12.8. The molecular formula is C20H24N4O2. The van der Waals surface area contributed by atoms with Gasteiger partial charge in [0.05, 0.1) is 12.8 Å². The molecule has 136 valence electrons. The zero-order chi connectivity index (χ0) is 18.4. The lowest BCUT2D eigenvalue weighted by Crippen LogP contribution is -2.49. The van der Waals surface area contributed by atoms with Gasteiger partial charge in [0.15, 0.2) is 0 Å². The summed E-state index contributed by atoms with van der Waals surface area (Å²) >= 11 is 0. The molecule has 0 unspecified atom stereocenters. The third-order valence-corrected chi connectivity index (χ3v) is 4.42. The summed E-state index contributed by atoms with van der Waals surface area (Å²) in [5, 5.41) is 3.18. The molecule has 0 saturated carbocycles. The van der Waals surface area contributed by atoms with Crippen LogP contribution in [0.15, 0.2) is 55.3 Å². The van der Waals surface area contributed by atoms with Crippen LogP contribution in [-0.4, -0.2) is 55.6 Å². The van der Waals surface area contributed by atoms with E-state index in [1.807, 2.05) is 35.2 Å². The second-order valence-electron chi connectivity index (χ2n) is 6.05. The standard InChI is InChI=1S/C20H24N4O2/c1-3-9-21-16-8-10-22-17(15-16)20(25)24-13-11-23(12-14-24)18-6-4-5-7-19(18)26-2/h3-8,10,15H,1,9,11-14H2,2H3,(H,21,22). The predicted octanol–water partition coefficient (Wildman–Crippen LogP) is 2.65. The molecule has 1 N–H and O–H groups in total. The fraction of sp³-hybridized carbons (Fsp3) is 0.300. The lowest BCUT2D eigenvalue weighted by molar-refractivity contribution is 0.0741. The van der Waals surface area contributed by atoms with Gasteiger partial charge in [-0.25, -0.2) is 0 Å². The Morgan fingerprint density at radius 3 is 2.77 bits per heavy atom. The molecule has 1 aliphatic heterocycles. The fourth-order valence-corrected chi connectivity index (χ4v) is 3.05. The summed E-state index contributed by atoms with van der Waals surface area (Å²) in [4.78, 5) is 21.1. The van der Waals surface area contributed by atoms with Gasteiger partial charge in [0.2, 0.25) is 0 Å². The second kappa shape index (κ2) is 8.38. The summed E-state index contributed by atoms with van der Waals surface area (Å²) < 4.78 is 5.44. The largest absolute Gasteiger partial charge is 0.495 e. The highest BCUT2D eigenvalue weighted by molar-refractivity contribution is 5.93. The number of carbonyl (C=O) groups is 1. The van der Waals surface area contributed by atoms with Gasteiger partial charge < -0.3 is 19.9 Å². The Kier molecular flexibility index (Phi) is 5.73. The molecule has 2 aromatic rings. The quantitative estimate of drug-likeness (QED) is 0.810. The number of ether oxygens (including phenoxy) is 1. The number of hydrogen-bond acceptors (Lipinski definition) is 5. The topological polar surface area (TPSA) is 57.7 Å². The van der Waals surface area contributed by atoms with Crippen LogP contribution in [0.4, 0.5) is 11.4 Å². The first-order chi connectivity index (χ1) is 12.7. The Hall–Kier alpha value is -3.02. The first kappa shape index (κ1) is 17.8. The molecule has 0 spiro atoms. The Labute approximate surface area is 154 Å². The smallest absolute Gasteiger partial charge is 0.272 e. The minimum absolute atomic E-state index is 0.0353. The van der Waals surface area contributed by atoms with E-state index in [9.17, 15) is 4.79 Å². The average molecular weight is 352 g/mol. The second-order valence-corrected chi connectivity index (χ2v) is 6.05. The molecule has 2 heterocycles. The Balaban J connectivity index is 1.64. The van der Waals surface area contributed by atoms with Crippen molar-refractivity contribution in [3.8, 4) is 5.75 Å². The van der Waals surface area contributed by atoms with E-state index >= 15 is 0 Å². The van der Waals surface area contributed by atoms with Crippen LogP contribution >= 0.6 is 0 Å². The minimum atomic E-state index is -0.0353. The molecule has 1 aromatic heterocycles. The van der Waals surface area contributed by atoms with Crippen molar-refractivity contribution in [1.82, 2.24) is 9.88 Å². The van der Waals surface area contributed by atoms with Crippen molar-refractivity contribution in [1.29, 1.82) is 0 Å². The number of benzene rings is 1. The van der Waals surface area contributed by atoms with Crippen molar-refractivity contribution in [2.24, 2.45) is 0 Å². The number of hydrogen-bond donors (Lipinski definition) is 1. The molecule has 0 bridgehead atoms. The minimum Gasteiger partial charge on any atom is -0.495 e. The van der Waals surface area contributed by atoms with Crippen LogP contribution < -0.4 is 15.0 Å². The number of anilines is 2. The number of methoxy groups -OCH3 is 1. The number of piperazine rings is 1. The highest BCUT2D eigenvalue weighted by atomic mass is 16.5. The monoisotopic (exact) mass is 352 g/mol. The highest BCUT2D eigenvalue weighted by Gasteiger charge is 2.24. The third-order valence-electron chi connectivity index (χ3n) is 4.42. The number of nitrogens with zero attached hydrogens (tertiary/aromatic N) is 3. The maximum Gasteiger partial charge on any atom is 0.272 e. The summed E-state index contributed by atoms with van der Waals surface area (Å²) in [6.07, 6.45) is 3.43. The van der Waals surface area contributed by atoms with Gasteiger partial charge in [-0.15, -0.1) is 6.58 Å². The van der Waals surface area contributed by atoms with Crippen LogP contribution in [0.5, 0.6) is 5.75 Å². The van der Waals surface area contributed by atoms with E-state index in [0.717, 1.165) is 30.2 Å². The molecule has 1 amide bonds. The van der Waals surface area contributed by atoms with Crippen LogP contribution in [0.25, 0.3) is 0 Å². The van der Waals surface area contributed by atoms with Crippen molar-refractivity contribution in [2.45, 2.75) is 0 Å². The third kappa shape index (κ3) is 3.96. The van der Waals surface area contributed by atoms with E-state index in [-0.39, 0.29) is 5.91 Å². The van der Waals surface area contributed by atoms with E-state index in [1.54, 1.807) is 25.4 Å². The fourth-order valence-electron chi connectivity index (χ4n) is 3.05. The lowest BCUT2D eigenvalue weighted by atomic mass is 10.2. The molecule has 1 aromatic carbocycles. The van der Waals surface area contributed by atoms with Gasteiger partial charge in [-0.1, -0.05) is 18.2 Å². The van der Waals surface area contributed by atoms with Gasteiger partial charge in [-0.3, -0.25) is 9.78 Å². The van der Waals surface area contributed by atoms with Gasteiger partial charge in [0.25, 0.3) is 5.91 Å². The molecule has 0 atom stereocenters. The Morgan fingerprint density at radius 2 is 2.04 bits per heavy atom. The zero-order valence-corrected chi connectivity index (χ0v) is 15.0. The van der Waals surface area contributed by atoms with E-state index in [2.05, 4.69) is 21.8 Å². The van der Waals surface area contributed by atoms with Gasteiger partial charge in [-0.2, -0.15) is 0 Å². The molecular weight excluding hydrogens is 328 g/mol. The number of nitrogens with one attached hydrogen (secondary N) is 1. The van der Waals surface area contributed by atoms with Gasteiger partial charge in [0.1, 0.15) is 11.4 Å². The van der Waals surface area contributed by atoms with Crippen LogP contribution in [0.3, 0.4) is 0 Å². The van der Waals surface area contributed by atoms with Gasteiger partial charge in [0, 0.05) is 44.6 Å². The number of rotatable bonds is 6. The molecule has 26 heavy (non-hydrogen) atoms. The molecule has 1 saturated heterocycles. The van der Waals surface area contributed by atoms with E-state index in [0.29, 0.717) is 25.3 Å². The number of amides is 1. The number of para-hydroxylation sites is 2. The first-order valence-electron chi connectivity index (χ1n) is 8.71. The van der Waals surface area contributed by atoms with Crippen molar-refractivity contribution in [2.75, 3.05) is 50.1 Å². The molecule has 1 aliphatic rings. The summed E-state index contributed by atoms with van der Waals surface area (Å²) in [6.45, 7) is 7.17. The lowest BCUT2D eigenvalue weighted by Gasteiger charge is -2.36. The van der Waals surface area contributed by atoms with Gasteiger partial charge in [-0.05, 0) is 24.3 Å². The molecule has 0 radical (unpaired) electrons. The van der Waals surface area contributed by atoms with Crippen LogP contribution in [-0.2, 0) is 0 Å². The normalized spacial score (nSPS) is 14.0. The van der Waals surface area contributed by atoms with Crippen LogP contribution in [0.1, 0.15) is 10.5 Å². The SMILES string of the molecule is C=CCNc1ccnc(C(=O)N2CCN(c3ccccc3OC)CC2)c1. The molecule has 3 rings (SSSR count). The highest BCUT2D eigenvalue weighted by Crippen LogP contribution is 2.28. The molecule has 6 nitrogen and oxygen atoms in total. The number of carbonyl (C=O) groups excluding carboxylic acids is 1. The maximum atomic E-state index is 12.8. The van der Waals surface area contributed by atoms with E-state index in [1.165, 1.54) is 0 Å². The van der Waals surface area contributed by atoms with E-state index in [4.69, 9.17) is 4.74 Å². The molecule has 0 aliphatic carbocycles. The number of aromatic nitrogens is 1. The summed E-state index contributed by atoms with van der Waals surface area (Å²) in [5.41, 5.74) is 2.40. The van der Waals surface area contributed by atoms with Crippen LogP contribution in [0, 0.1) is 0 Å². The van der Waals surface area contributed by atoms with Crippen LogP contribution in [0.2, 0.25) is 0 Å². The zero-order valence-electron chi connectivity index (χ0n) is 15.0. The number of pyridine rings is 1.